The molecule has 106 valence electrons. The zero-order valence-electron chi connectivity index (χ0n) is 12.2. The van der Waals surface area contributed by atoms with Gasteiger partial charge in [0.05, 0.1) is 0 Å². The number of ether oxygens (including phenoxy) is 1. The Morgan fingerprint density at radius 3 is 2.74 bits per heavy atom. The minimum absolute atomic E-state index is 0.0487. The van der Waals surface area contributed by atoms with E-state index < -0.39 is 0 Å². The highest BCUT2D eigenvalue weighted by molar-refractivity contribution is 5.77. The molecule has 1 aromatic carbocycles. The van der Waals surface area contributed by atoms with Crippen molar-refractivity contribution in [2.75, 3.05) is 13.2 Å². The number of carbonyl (C=O) groups excluding carboxylic acids is 1. The minimum Gasteiger partial charge on any atom is -0.483 e. The zero-order chi connectivity index (χ0) is 14.1. The molecule has 1 aromatic rings. The summed E-state index contributed by atoms with van der Waals surface area (Å²) in [4.78, 5) is 11.6. The Morgan fingerprint density at radius 2 is 2.05 bits per heavy atom. The molecule has 0 bridgehead atoms. The van der Waals surface area contributed by atoms with Crippen LogP contribution in [0.4, 0.5) is 0 Å². The van der Waals surface area contributed by atoms with Gasteiger partial charge in [-0.2, -0.15) is 0 Å². The first kappa shape index (κ1) is 15.5. The molecule has 0 saturated heterocycles. The maximum Gasteiger partial charge on any atom is 0.257 e. The van der Waals surface area contributed by atoms with Gasteiger partial charge >= 0.3 is 0 Å². The topological polar surface area (TPSA) is 38.3 Å². The highest BCUT2D eigenvalue weighted by Crippen LogP contribution is 2.28. The van der Waals surface area contributed by atoms with Gasteiger partial charge < -0.3 is 10.1 Å². The molecule has 3 heteroatoms. The summed E-state index contributed by atoms with van der Waals surface area (Å²) in [5.41, 5.74) is 1.17. The van der Waals surface area contributed by atoms with Crippen molar-refractivity contribution in [2.45, 2.75) is 46.0 Å². The van der Waals surface area contributed by atoms with Crippen LogP contribution in [0.15, 0.2) is 24.3 Å². The lowest BCUT2D eigenvalue weighted by Crippen LogP contribution is -2.29. The molecule has 1 N–H and O–H groups in total. The SMILES string of the molecule is CCCCNC(=O)COc1ccccc1C(C)CC. The molecule has 0 radical (unpaired) electrons. The van der Waals surface area contributed by atoms with E-state index in [4.69, 9.17) is 4.74 Å². The minimum atomic E-state index is -0.0487. The van der Waals surface area contributed by atoms with Crippen LogP contribution in [0.25, 0.3) is 0 Å². The third-order valence-electron chi connectivity index (χ3n) is 3.27. The number of carbonyl (C=O) groups is 1. The number of para-hydroxylation sites is 1. The van der Waals surface area contributed by atoms with Gasteiger partial charge in [0.1, 0.15) is 5.75 Å². The quantitative estimate of drug-likeness (QED) is 0.729. The molecular weight excluding hydrogens is 238 g/mol. The fourth-order valence-electron chi connectivity index (χ4n) is 1.84. The monoisotopic (exact) mass is 263 g/mol. The number of hydrogen-bond acceptors (Lipinski definition) is 2. The van der Waals surface area contributed by atoms with Crippen LogP contribution in [-0.2, 0) is 4.79 Å². The lowest BCUT2D eigenvalue weighted by molar-refractivity contribution is -0.123. The van der Waals surface area contributed by atoms with Gasteiger partial charge in [0.15, 0.2) is 6.61 Å². The Labute approximate surface area is 116 Å². The molecule has 0 fully saturated rings. The van der Waals surface area contributed by atoms with E-state index in [1.165, 1.54) is 5.56 Å². The molecule has 0 aliphatic heterocycles. The van der Waals surface area contributed by atoms with Crippen LogP contribution in [0, 0.1) is 0 Å². The Hall–Kier alpha value is -1.51. The smallest absolute Gasteiger partial charge is 0.257 e. The second-order valence-electron chi connectivity index (χ2n) is 4.84. The molecule has 1 rings (SSSR count). The first-order valence-electron chi connectivity index (χ1n) is 7.17. The second kappa shape index (κ2) is 8.57. The van der Waals surface area contributed by atoms with Crippen LogP contribution in [-0.4, -0.2) is 19.1 Å². The summed E-state index contributed by atoms with van der Waals surface area (Å²) < 4.78 is 5.64. The summed E-state index contributed by atoms with van der Waals surface area (Å²) in [5, 5.41) is 2.85. The van der Waals surface area contributed by atoms with Crippen molar-refractivity contribution < 1.29 is 9.53 Å². The number of nitrogens with one attached hydrogen (secondary N) is 1. The van der Waals surface area contributed by atoms with Crippen molar-refractivity contribution in [2.24, 2.45) is 0 Å². The second-order valence-corrected chi connectivity index (χ2v) is 4.84. The fraction of sp³-hybridized carbons (Fsp3) is 0.562. The van der Waals surface area contributed by atoms with Crippen LogP contribution >= 0.6 is 0 Å². The van der Waals surface area contributed by atoms with Crippen LogP contribution < -0.4 is 10.1 Å². The predicted octanol–water partition coefficient (Wildman–Crippen LogP) is 3.50. The molecule has 1 unspecified atom stereocenters. The van der Waals surface area contributed by atoms with Gasteiger partial charge in [-0.1, -0.05) is 45.4 Å². The molecule has 0 aromatic heterocycles. The number of amides is 1. The highest BCUT2D eigenvalue weighted by Gasteiger charge is 2.10. The van der Waals surface area contributed by atoms with Gasteiger partial charge in [0.2, 0.25) is 0 Å². The Balaban J connectivity index is 2.50. The molecule has 0 aliphatic rings. The molecule has 19 heavy (non-hydrogen) atoms. The number of benzene rings is 1. The van der Waals surface area contributed by atoms with E-state index in [2.05, 4.69) is 32.2 Å². The first-order chi connectivity index (χ1) is 9.19. The van der Waals surface area contributed by atoms with E-state index in [1.54, 1.807) is 0 Å². The standard InChI is InChI=1S/C16H25NO2/c1-4-6-11-17-16(18)12-19-15-10-8-7-9-14(15)13(3)5-2/h7-10,13H,4-6,11-12H2,1-3H3,(H,17,18). The number of rotatable bonds is 8. The van der Waals surface area contributed by atoms with E-state index in [-0.39, 0.29) is 12.5 Å². The van der Waals surface area contributed by atoms with E-state index in [0.29, 0.717) is 5.92 Å². The van der Waals surface area contributed by atoms with Crippen molar-refractivity contribution in [3.8, 4) is 5.75 Å². The molecule has 0 aliphatic carbocycles. The van der Waals surface area contributed by atoms with Crippen molar-refractivity contribution in [1.29, 1.82) is 0 Å². The average molecular weight is 263 g/mol. The molecule has 0 heterocycles. The summed E-state index contributed by atoms with van der Waals surface area (Å²) in [6.07, 6.45) is 3.15. The third-order valence-corrected chi connectivity index (χ3v) is 3.27. The normalized spacial score (nSPS) is 11.9. The van der Waals surface area contributed by atoms with Gasteiger partial charge in [-0.25, -0.2) is 0 Å². The first-order valence-corrected chi connectivity index (χ1v) is 7.17. The maximum absolute atomic E-state index is 11.6. The van der Waals surface area contributed by atoms with E-state index in [9.17, 15) is 4.79 Å². The molecule has 0 saturated carbocycles. The number of hydrogen-bond donors (Lipinski definition) is 1. The summed E-state index contributed by atoms with van der Waals surface area (Å²) in [7, 11) is 0. The molecule has 1 atom stereocenters. The van der Waals surface area contributed by atoms with Crippen LogP contribution in [0.5, 0.6) is 5.75 Å². The van der Waals surface area contributed by atoms with Gasteiger partial charge in [0, 0.05) is 6.54 Å². The Bertz CT molecular complexity index is 390. The summed E-state index contributed by atoms with van der Waals surface area (Å²) in [6, 6.07) is 7.95. The summed E-state index contributed by atoms with van der Waals surface area (Å²) in [5.74, 6) is 1.22. The maximum atomic E-state index is 11.6. The predicted molar refractivity (Wildman–Crippen MR) is 78.6 cm³/mol. The van der Waals surface area contributed by atoms with Gasteiger partial charge in [-0.3, -0.25) is 4.79 Å². The largest absolute Gasteiger partial charge is 0.483 e. The Morgan fingerprint density at radius 1 is 1.32 bits per heavy atom. The van der Waals surface area contributed by atoms with Crippen LogP contribution in [0.3, 0.4) is 0 Å². The van der Waals surface area contributed by atoms with Crippen molar-refractivity contribution in [1.82, 2.24) is 5.32 Å². The molecule has 0 spiro atoms. The summed E-state index contributed by atoms with van der Waals surface area (Å²) in [6.45, 7) is 7.25. The van der Waals surface area contributed by atoms with Crippen molar-refractivity contribution >= 4 is 5.91 Å². The van der Waals surface area contributed by atoms with Crippen LogP contribution in [0.2, 0.25) is 0 Å². The van der Waals surface area contributed by atoms with E-state index >= 15 is 0 Å². The van der Waals surface area contributed by atoms with Crippen molar-refractivity contribution in [3.05, 3.63) is 29.8 Å². The van der Waals surface area contributed by atoms with Gasteiger partial charge in [-0.05, 0) is 30.4 Å². The van der Waals surface area contributed by atoms with E-state index in [0.717, 1.165) is 31.6 Å². The molecular formula is C16H25NO2. The number of unbranched alkanes of at least 4 members (excludes halogenated alkanes) is 1. The zero-order valence-corrected chi connectivity index (χ0v) is 12.2. The molecule has 3 nitrogen and oxygen atoms in total. The average Bonchev–Trinajstić information content (AvgIpc) is 2.45. The Kier molecular flexibility index (Phi) is 7.01. The highest BCUT2D eigenvalue weighted by atomic mass is 16.5. The fourth-order valence-corrected chi connectivity index (χ4v) is 1.84. The summed E-state index contributed by atoms with van der Waals surface area (Å²) >= 11 is 0. The lowest BCUT2D eigenvalue weighted by atomic mass is 9.98. The van der Waals surface area contributed by atoms with Crippen LogP contribution in [0.1, 0.15) is 51.5 Å². The van der Waals surface area contributed by atoms with E-state index in [1.807, 2.05) is 18.2 Å². The van der Waals surface area contributed by atoms with Crippen molar-refractivity contribution in [3.63, 3.8) is 0 Å². The molecule has 1 amide bonds. The third kappa shape index (κ3) is 5.33. The van der Waals surface area contributed by atoms with Gasteiger partial charge in [-0.15, -0.1) is 0 Å². The lowest BCUT2D eigenvalue weighted by Gasteiger charge is -2.15. The van der Waals surface area contributed by atoms with Gasteiger partial charge in [0.25, 0.3) is 5.91 Å².